The van der Waals surface area contributed by atoms with Crippen molar-refractivity contribution in [2.75, 3.05) is 32.7 Å². The third kappa shape index (κ3) is 4.53. The van der Waals surface area contributed by atoms with Crippen molar-refractivity contribution < 1.29 is 22.7 Å². The normalized spacial score (nSPS) is 16.1. The van der Waals surface area contributed by atoms with Gasteiger partial charge >= 0.3 is 12.3 Å². The average molecular weight is 448 g/mol. The highest BCUT2D eigenvalue weighted by Gasteiger charge is 2.36. The Hall–Kier alpha value is -2.81. The fraction of sp³-hybridized carbons (Fsp3) is 0.478. The topological polar surface area (TPSA) is 50.6 Å². The summed E-state index contributed by atoms with van der Waals surface area (Å²) >= 11 is 0. The van der Waals surface area contributed by atoms with Crippen molar-refractivity contribution in [1.82, 2.24) is 19.4 Å². The predicted octanol–water partition coefficient (Wildman–Crippen LogP) is 4.76. The number of pyridine rings is 1. The summed E-state index contributed by atoms with van der Waals surface area (Å²) in [4.78, 5) is 19.8. The molecule has 32 heavy (non-hydrogen) atoms. The second-order valence-corrected chi connectivity index (χ2v) is 9.03. The third-order valence-electron chi connectivity index (χ3n) is 5.61. The van der Waals surface area contributed by atoms with Crippen molar-refractivity contribution in [3.63, 3.8) is 0 Å². The van der Waals surface area contributed by atoms with Gasteiger partial charge < -0.3 is 14.2 Å². The minimum atomic E-state index is -4.54. The molecule has 0 bridgehead atoms. The Morgan fingerprint density at radius 2 is 1.69 bits per heavy atom. The first-order valence-electron chi connectivity index (χ1n) is 10.7. The van der Waals surface area contributed by atoms with E-state index in [-0.39, 0.29) is 11.6 Å². The number of carbonyl (C=O) groups excluding carboxylic acids is 1. The molecule has 1 saturated heterocycles. The van der Waals surface area contributed by atoms with Gasteiger partial charge in [-0.2, -0.15) is 13.2 Å². The number of aromatic nitrogens is 2. The Labute approximate surface area is 184 Å². The number of fused-ring (bicyclic) bond motifs is 3. The summed E-state index contributed by atoms with van der Waals surface area (Å²) in [5.41, 5.74) is -0.530. The number of nitrogens with zero attached hydrogens (tertiary/aromatic N) is 4. The fourth-order valence-electron chi connectivity index (χ4n) is 4.16. The number of piperazine rings is 1. The van der Waals surface area contributed by atoms with Gasteiger partial charge in [-0.05, 0) is 32.9 Å². The summed E-state index contributed by atoms with van der Waals surface area (Å²) in [6, 6.07) is 8.99. The summed E-state index contributed by atoms with van der Waals surface area (Å²) in [6.45, 7) is 8.79. The van der Waals surface area contributed by atoms with Gasteiger partial charge in [0.1, 0.15) is 5.60 Å². The largest absolute Gasteiger partial charge is 0.444 e. The van der Waals surface area contributed by atoms with Crippen molar-refractivity contribution >= 4 is 27.9 Å². The molecular weight excluding hydrogens is 421 g/mol. The molecule has 1 aliphatic rings. The molecule has 0 saturated carbocycles. The van der Waals surface area contributed by atoms with E-state index in [1.54, 1.807) is 15.5 Å². The maximum atomic E-state index is 13.7. The zero-order valence-electron chi connectivity index (χ0n) is 18.4. The lowest BCUT2D eigenvalue weighted by Gasteiger charge is -2.35. The van der Waals surface area contributed by atoms with Crippen LogP contribution in [0, 0.1) is 0 Å². The van der Waals surface area contributed by atoms with E-state index in [0.29, 0.717) is 44.7 Å². The molecule has 0 atom stereocenters. The van der Waals surface area contributed by atoms with E-state index < -0.39 is 17.5 Å². The Bertz CT molecular complexity index is 1130. The van der Waals surface area contributed by atoms with E-state index in [1.165, 1.54) is 6.20 Å². The molecule has 0 radical (unpaired) electrons. The zero-order chi connectivity index (χ0) is 23.1. The summed E-state index contributed by atoms with van der Waals surface area (Å²) < 4.78 is 48.3. The molecule has 3 heterocycles. The quantitative estimate of drug-likeness (QED) is 0.580. The Balaban J connectivity index is 1.53. The van der Waals surface area contributed by atoms with Crippen LogP contribution in [-0.2, 0) is 17.5 Å². The van der Waals surface area contributed by atoms with Crippen LogP contribution in [0.2, 0.25) is 0 Å². The van der Waals surface area contributed by atoms with Gasteiger partial charge in [0.25, 0.3) is 0 Å². The van der Waals surface area contributed by atoms with Crippen LogP contribution in [0.15, 0.2) is 36.5 Å². The van der Waals surface area contributed by atoms with Gasteiger partial charge in [-0.15, -0.1) is 0 Å². The molecule has 0 spiro atoms. The zero-order valence-corrected chi connectivity index (χ0v) is 18.4. The van der Waals surface area contributed by atoms with Crippen LogP contribution in [0.1, 0.15) is 26.5 Å². The number of rotatable bonds is 3. The number of benzene rings is 1. The van der Waals surface area contributed by atoms with E-state index in [0.717, 1.165) is 10.9 Å². The van der Waals surface area contributed by atoms with Gasteiger partial charge in [0, 0.05) is 61.8 Å². The second kappa shape index (κ2) is 8.27. The number of hydrogen-bond acceptors (Lipinski definition) is 4. The molecular formula is C23H27F3N4O2. The van der Waals surface area contributed by atoms with Crippen LogP contribution in [0.5, 0.6) is 0 Å². The molecule has 172 valence electrons. The summed E-state index contributed by atoms with van der Waals surface area (Å²) in [7, 11) is 0. The van der Waals surface area contributed by atoms with Gasteiger partial charge in [-0.25, -0.2) is 9.78 Å². The standard InChI is InChI=1S/C23H27F3N4O2/c1-22(2,3)32-21(31)29-13-10-28(11-14-29)12-15-30-18-7-5-4-6-16(18)17-8-9-27-20(19(17)30)23(24,25)26/h4-9H,10-15H2,1-3H3. The first kappa shape index (κ1) is 22.4. The van der Waals surface area contributed by atoms with Crippen molar-refractivity contribution in [2.45, 2.75) is 39.1 Å². The summed E-state index contributed by atoms with van der Waals surface area (Å²) in [5, 5.41) is 1.34. The lowest BCUT2D eigenvalue weighted by atomic mass is 10.1. The van der Waals surface area contributed by atoms with Crippen LogP contribution < -0.4 is 0 Å². The van der Waals surface area contributed by atoms with Crippen molar-refractivity contribution in [3.05, 3.63) is 42.2 Å². The van der Waals surface area contributed by atoms with Crippen LogP contribution in [-0.4, -0.2) is 63.8 Å². The number of carbonyl (C=O) groups is 1. The van der Waals surface area contributed by atoms with Gasteiger partial charge in [0.15, 0.2) is 5.69 Å². The SMILES string of the molecule is CC(C)(C)OC(=O)N1CCN(CCn2c3ccccc3c3ccnc(C(F)(F)F)c32)CC1. The molecule has 6 nitrogen and oxygen atoms in total. The number of hydrogen-bond donors (Lipinski definition) is 0. The van der Waals surface area contributed by atoms with Crippen LogP contribution >= 0.6 is 0 Å². The number of ether oxygens (including phenoxy) is 1. The Kier molecular flexibility index (Phi) is 5.79. The minimum Gasteiger partial charge on any atom is -0.444 e. The molecule has 1 aromatic carbocycles. The first-order chi connectivity index (χ1) is 15.0. The lowest BCUT2D eigenvalue weighted by molar-refractivity contribution is -0.140. The van der Waals surface area contributed by atoms with Gasteiger partial charge in [0.05, 0.1) is 5.52 Å². The summed E-state index contributed by atoms with van der Waals surface area (Å²) in [6.07, 6.45) is -3.65. The first-order valence-corrected chi connectivity index (χ1v) is 10.7. The molecule has 2 aromatic heterocycles. The molecule has 9 heteroatoms. The van der Waals surface area contributed by atoms with Crippen molar-refractivity contribution in [1.29, 1.82) is 0 Å². The average Bonchev–Trinajstić information content (AvgIpc) is 3.04. The third-order valence-corrected chi connectivity index (χ3v) is 5.61. The minimum absolute atomic E-state index is 0.119. The van der Waals surface area contributed by atoms with Crippen LogP contribution in [0.25, 0.3) is 21.8 Å². The van der Waals surface area contributed by atoms with Gasteiger partial charge in [0.2, 0.25) is 0 Å². The Morgan fingerprint density at radius 3 is 2.34 bits per heavy atom. The highest BCUT2D eigenvalue weighted by atomic mass is 19.4. The smallest absolute Gasteiger partial charge is 0.435 e. The van der Waals surface area contributed by atoms with E-state index in [2.05, 4.69) is 9.88 Å². The van der Waals surface area contributed by atoms with E-state index in [4.69, 9.17) is 4.74 Å². The van der Waals surface area contributed by atoms with Gasteiger partial charge in [-0.1, -0.05) is 18.2 Å². The molecule has 1 aliphatic heterocycles. The molecule has 0 unspecified atom stereocenters. The van der Waals surface area contributed by atoms with Crippen LogP contribution in [0.3, 0.4) is 0 Å². The summed E-state index contributed by atoms with van der Waals surface area (Å²) in [5.74, 6) is 0. The van der Waals surface area contributed by atoms with Crippen molar-refractivity contribution in [3.8, 4) is 0 Å². The number of para-hydroxylation sites is 1. The molecule has 3 aromatic rings. The molecule has 0 N–H and O–H groups in total. The number of amides is 1. The number of alkyl halides is 3. The molecule has 1 amide bonds. The second-order valence-electron chi connectivity index (χ2n) is 9.03. The maximum absolute atomic E-state index is 13.7. The highest BCUT2D eigenvalue weighted by Crippen LogP contribution is 2.37. The Morgan fingerprint density at radius 1 is 1.00 bits per heavy atom. The predicted molar refractivity (Wildman–Crippen MR) is 116 cm³/mol. The molecule has 0 aliphatic carbocycles. The van der Waals surface area contributed by atoms with E-state index in [9.17, 15) is 18.0 Å². The fourth-order valence-corrected chi connectivity index (χ4v) is 4.16. The van der Waals surface area contributed by atoms with Crippen LogP contribution in [0.4, 0.5) is 18.0 Å². The van der Waals surface area contributed by atoms with Gasteiger partial charge in [-0.3, -0.25) is 4.90 Å². The van der Waals surface area contributed by atoms with E-state index >= 15 is 0 Å². The molecule has 1 fully saturated rings. The lowest BCUT2D eigenvalue weighted by Crippen LogP contribution is -2.50. The molecule has 4 rings (SSSR count). The maximum Gasteiger partial charge on any atom is 0.435 e. The van der Waals surface area contributed by atoms with Crippen molar-refractivity contribution in [2.24, 2.45) is 0 Å². The highest BCUT2D eigenvalue weighted by molar-refractivity contribution is 6.08. The monoisotopic (exact) mass is 448 g/mol. The van der Waals surface area contributed by atoms with E-state index in [1.807, 2.05) is 45.0 Å². The number of halogens is 3.